The van der Waals surface area contributed by atoms with E-state index in [1.54, 1.807) is 0 Å². The van der Waals surface area contributed by atoms with E-state index in [1.165, 1.54) is 51.4 Å². The van der Waals surface area contributed by atoms with Gasteiger partial charge in [0.2, 0.25) is 0 Å². The van der Waals surface area contributed by atoms with Crippen LogP contribution in [0.15, 0.2) is 48.6 Å². The molecule has 1 radical (unpaired) electrons. The second kappa shape index (κ2) is 11.3. The van der Waals surface area contributed by atoms with Crippen LogP contribution in [-0.2, 0) is 19.5 Å². The quantitative estimate of drug-likeness (QED) is 0.146. The van der Waals surface area contributed by atoms with Crippen LogP contribution in [0.1, 0.15) is 51.4 Å². The van der Waals surface area contributed by atoms with Gasteiger partial charge in [-0.15, -0.1) is 0 Å². The molecule has 2 aliphatic rings. The Kier molecular flexibility index (Phi) is 12.1. The van der Waals surface area contributed by atoms with Crippen LogP contribution in [-0.4, -0.2) is 0 Å². The Hall–Kier alpha value is -0.407. The van der Waals surface area contributed by atoms with Crippen LogP contribution in [0.2, 0.25) is 0 Å². The third-order valence-electron chi connectivity index (χ3n) is 2.67. The molecule has 0 amide bonds. The van der Waals surface area contributed by atoms with Crippen LogP contribution in [0.25, 0.3) is 0 Å². The Morgan fingerprint density at radius 2 is 0.458 bits per heavy atom. The molecule has 0 heterocycles. The zero-order valence-corrected chi connectivity index (χ0v) is 15.9. The van der Waals surface area contributed by atoms with Crippen molar-refractivity contribution in [2.45, 2.75) is 51.4 Å². The van der Waals surface area contributed by atoms with Crippen LogP contribution >= 0.6 is 7.81 Å². The zero-order valence-electron chi connectivity index (χ0n) is 13.3. The fourth-order valence-corrected chi connectivity index (χ4v) is 1.71. The molecule has 0 unspecified atom stereocenters. The molecule has 0 N–H and O–H groups in total. The summed E-state index contributed by atoms with van der Waals surface area (Å²) in [4.78, 5) is 0. The molecular weight excluding hydrogens is 440 g/mol. The zero-order chi connectivity index (χ0) is 17.7. The molecule has 0 atom stereocenters. The van der Waals surface area contributed by atoms with Gasteiger partial charge in [-0.25, -0.2) is 0 Å². The van der Waals surface area contributed by atoms with E-state index in [-0.39, 0.29) is 19.5 Å². The molecule has 0 bridgehead atoms. The van der Waals surface area contributed by atoms with Crippen LogP contribution in [0.4, 0.5) is 25.2 Å². The van der Waals surface area contributed by atoms with Crippen LogP contribution in [0.3, 0.4) is 0 Å². The molecule has 24 heavy (non-hydrogen) atoms. The second-order valence-electron chi connectivity index (χ2n) is 5.15. The van der Waals surface area contributed by atoms with Crippen LogP contribution in [0.5, 0.6) is 0 Å². The van der Waals surface area contributed by atoms with E-state index in [9.17, 15) is 25.2 Å². The summed E-state index contributed by atoms with van der Waals surface area (Å²) in [5, 5.41) is 0. The van der Waals surface area contributed by atoms with Gasteiger partial charge in [0.25, 0.3) is 0 Å². The summed E-state index contributed by atoms with van der Waals surface area (Å²) in [5.41, 5.74) is 0. The Morgan fingerprint density at radius 1 is 0.375 bits per heavy atom. The maximum absolute atomic E-state index is 10.7. The standard InChI is InChI=1S/2C8H12.F6P.Rh/c2*1-2-4-6-8-7-5-3-1;1-7(2,3,4,5)6;/h2*1-2,7-8H,3-6H2;;/q;;-1;/b2*2-1-,8-7?;;. The first-order chi connectivity index (χ1) is 10.4. The molecule has 0 nitrogen and oxygen atoms in total. The van der Waals surface area contributed by atoms with E-state index in [4.69, 9.17) is 0 Å². The number of halogens is 6. The summed E-state index contributed by atoms with van der Waals surface area (Å²) in [6.45, 7) is 0. The number of rotatable bonds is 0. The predicted octanol–water partition coefficient (Wildman–Crippen LogP) is 8.73. The molecule has 145 valence electrons. The van der Waals surface area contributed by atoms with Gasteiger partial charge in [-0.1, -0.05) is 48.6 Å². The first-order valence-electron chi connectivity index (χ1n) is 7.61. The van der Waals surface area contributed by atoms with Gasteiger partial charge in [0.05, 0.1) is 0 Å². The summed E-state index contributed by atoms with van der Waals surface area (Å²) in [6, 6.07) is 0. The van der Waals surface area contributed by atoms with Crippen molar-refractivity contribution in [3.05, 3.63) is 48.6 Å². The van der Waals surface area contributed by atoms with Gasteiger partial charge in [-0.3, -0.25) is 0 Å². The van der Waals surface area contributed by atoms with Crippen molar-refractivity contribution in [1.82, 2.24) is 0 Å². The first kappa shape index (κ1) is 25.8. The Balaban J connectivity index is 0. The van der Waals surface area contributed by atoms with Crippen molar-refractivity contribution in [1.29, 1.82) is 0 Å². The summed E-state index contributed by atoms with van der Waals surface area (Å²) in [6.07, 6.45) is 28.0. The predicted molar refractivity (Wildman–Crippen MR) is 87.1 cm³/mol. The summed E-state index contributed by atoms with van der Waals surface area (Å²) < 4.78 is 59.2. The van der Waals surface area contributed by atoms with E-state index < -0.39 is 7.81 Å². The van der Waals surface area contributed by atoms with E-state index >= 15 is 0 Å². The fraction of sp³-hybridized carbons (Fsp3) is 0.500. The third kappa shape index (κ3) is 37.7. The molecule has 0 spiro atoms. The fourth-order valence-electron chi connectivity index (χ4n) is 1.71. The van der Waals surface area contributed by atoms with Gasteiger partial charge < -0.3 is 0 Å². The van der Waals surface area contributed by atoms with Crippen molar-refractivity contribution in [3.8, 4) is 0 Å². The summed E-state index contributed by atoms with van der Waals surface area (Å²) in [7, 11) is -10.7. The molecular formula is C16H24F6PRh-. The minimum absolute atomic E-state index is 0. The first-order valence-corrected chi connectivity index (χ1v) is 9.64. The second-order valence-corrected chi connectivity index (χ2v) is 7.07. The number of hydrogen-bond donors (Lipinski definition) is 0. The van der Waals surface area contributed by atoms with Crippen LogP contribution in [0, 0.1) is 0 Å². The van der Waals surface area contributed by atoms with Crippen molar-refractivity contribution in [2.75, 3.05) is 0 Å². The van der Waals surface area contributed by atoms with Crippen molar-refractivity contribution in [3.63, 3.8) is 0 Å². The number of hydrogen-bond acceptors (Lipinski definition) is 0. The van der Waals surface area contributed by atoms with Gasteiger partial charge in [0.1, 0.15) is 0 Å². The third-order valence-corrected chi connectivity index (χ3v) is 2.67. The largest absolute Gasteiger partial charge is 0 e. The maximum atomic E-state index is 9.87. The van der Waals surface area contributed by atoms with Gasteiger partial charge >= 0.3 is 33.0 Å². The molecule has 2 rings (SSSR count). The average Bonchev–Trinajstić information content (AvgIpc) is 2.22. The van der Waals surface area contributed by atoms with Gasteiger partial charge in [0.15, 0.2) is 0 Å². The summed E-state index contributed by atoms with van der Waals surface area (Å²) in [5.74, 6) is 0. The molecule has 0 saturated carbocycles. The normalized spacial score (nSPS) is 22.8. The monoisotopic (exact) mass is 464 g/mol. The molecule has 0 aromatic heterocycles. The van der Waals surface area contributed by atoms with E-state index in [2.05, 4.69) is 48.6 Å². The number of allylic oxidation sites excluding steroid dienone is 8. The molecule has 0 aromatic rings. The molecule has 0 aliphatic heterocycles. The van der Waals surface area contributed by atoms with E-state index in [0.29, 0.717) is 0 Å². The maximum Gasteiger partial charge on any atom is 0 e. The van der Waals surface area contributed by atoms with Gasteiger partial charge in [-0.2, -0.15) is 0 Å². The van der Waals surface area contributed by atoms with Gasteiger partial charge in [-0.05, 0) is 51.4 Å². The Bertz CT molecular complexity index is 343. The van der Waals surface area contributed by atoms with Crippen LogP contribution < -0.4 is 0 Å². The Labute approximate surface area is 152 Å². The topological polar surface area (TPSA) is 0 Å². The molecule has 0 fully saturated rings. The molecule has 0 saturated heterocycles. The van der Waals surface area contributed by atoms with Crippen molar-refractivity contribution >= 4 is 7.81 Å². The molecule has 0 aromatic carbocycles. The van der Waals surface area contributed by atoms with Crippen molar-refractivity contribution in [2.24, 2.45) is 0 Å². The van der Waals surface area contributed by atoms with Gasteiger partial charge in [0, 0.05) is 19.5 Å². The Morgan fingerprint density at radius 3 is 0.542 bits per heavy atom. The minimum Gasteiger partial charge on any atom is 0 e. The van der Waals surface area contributed by atoms with E-state index in [1.807, 2.05) is 0 Å². The minimum atomic E-state index is -10.7. The SMILES string of the molecule is C1=CCC/C=C\CC1.C1=CCC/C=C\CC1.F[P-](F)(F)(F)(F)F.[Rh]. The summed E-state index contributed by atoms with van der Waals surface area (Å²) >= 11 is 0. The average molecular weight is 464 g/mol. The molecule has 8 heteroatoms. The molecule has 2 aliphatic carbocycles. The van der Waals surface area contributed by atoms with Crippen molar-refractivity contribution < 1.29 is 44.7 Å². The van der Waals surface area contributed by atoms with E-state index in [0.717, 1.165) is 0 Å². The smallest absolute Gasteiger partial charge is 0 e.